The Morgan fingerprint density at radius 1 is 1.39 bits per heavy atom. The molecule has 0 radical (unpaired) electrons. The minimum atomic E-state index is 0.487. The van der Waals surface area contributed by atoms with Crippen molar-refractivity contribution in [3.05, 3.63) is 23.5 Å². The van der Waals surface area contributed by atoms with E-state index in [1.54, 1.807) is 7.11 Å². The first-order valence-electron chi connectivity index (χ1n) is 6.41. The normalized spacial score (nSPS) is 12.8. The lowest BCUT2D eigenvalue weighted by atomic mass is 10.2. The quantitative estimate of drug-likeness (QED) is 0.802. The highest BCUT2D eigenvalue weighted by molar-refractivity contribution is 5.26. The molecule has 18 heavy (non-hydrogen) atoms. The van der Waals surface area contributed by atoms with Crippen molar-refractivity contribution in [2.75, 3.05) is 27.7 Å². The number of aryl methyl sites for hydroxylation is 1. The zero-order chi connectivity index (χ0) is 13.5. The first-order valence-corrected chi connectivity index (χ1v) is 6.41. The predicted octanol–water partition coefficient (Wildman–Crippen LogP) is 1.83. The lowest BCUT2D eigenvalue weighted by molar-refractivity contribution is 0.365. The van der Waals surface area contributed by atoms with Crippen molar-refractivity contribution in [2.24, 2.45) is 0 Å². The monoisotopic (exact) mass is 251 g/mol. The Labute approximate surface area is 110 Å². The van der Waals surface area contributed by atoms with Crippen molar-refractivity contribution >= 4 is 0 Å². The minimum Gasteiger partial charge on any atom is -0.497 e. The van der Waals surface area contributed by atoms with Crippen LogP contribution in [0.25, 0.3) is 0 Å². The summed E-state index contributed by atoms with van der Waals surface area (Å²) in [5, 5.41) is 3.49. The van der Waals surface area contributed by atoms with Crippen LogP contribution in [0, 0.1) is 6.92 Å². The van der Waals surface area contributed by atoms with Crippen LogP contribution < -0.4 is 10.1 Å². The van der Waals surface area contributed by atoms with Gasteiger partial charge in [0.2, 0.25) is 0 Å². The topological polar surface area (TPSA) is 37.4 Å². The fourth-order valence-electron chi connectivity index (χ4n) is 1.74. The van der Waals surface area contributed by atoms with Crippen molar-refractivity contribution < 1.29 is 4.74 Å². The van der Waals surface area contributed by atoms with E-state index in [1.807, 2.05) is 19.1 Å². The molecule has 4 heteroatoms. The number of nitrogens with one attached hydrogen (secondary N) is 1. The van der Waals surface area contributed by atoms with E-state index in [4.69, 9.17) is 4.74 Å². The van der Waals surface area contributed by atoms with Crippen molar-refractivity contribution in [3.63, 3.8) is 0 Å². The molecular weight excluding hydrogens is 226 g/mol. The van der Waals surface area contributed by atoms with Crippen molar-refractivity contribution in [3.8, 4) is 5.75 Å². The first-order chi connectivity index (χ1) is 8.51. The van der Waals surface area contributed by atoms with Crippen LogP contribution in [0.4, 0.5) is 0 Å². The molecule has 1 N–H and O–H groups in total. The molecular formula is C14H25N3O. The van der Waals surface area contributed by atoms with Crippen molar-refractivity contribution in [1.82, 2.24) is 15.2 Å². The molecule has 1 aromatic rings. The van der Waals surface area contributed by atoms with E-state index in [1.165, 1.54) is 0 Å². The van der Waals surface area contributed by atoms with Gasteiger partial charge < -0.3 is 15.0 Å². The van der Waals surface area contributed by atoms with E-state index in [-0.39, 0.29) is 0 Å². The Kier molecular flexibility index (Phi) is 6.09. The van der Waals surface area contributed by atoms with Crippen molar-refractivity contribution in [2.45, 2.75) is 32.9 Å². The van der Waals surface area contributed by atoms with Gasteiger partial charge in [0, 0.05) is 30.4 Å². The summed E-state index contributed by atoms with van der Waals surface area (Å²) >= 11 is 0. The molecule has 0 saturated carbocycles. The van der Waals surface area contributed by atoms with E-state index >= 15 is 0 Å². The predicted molar refractivity (Wildman–Crippen MR) is 75.0 cm³/mol. The van der Waals surface area contributed by atoms with Gasteiger partial charge in [-0.25, -0.2) is 0 Å². The second kappa shape index (κ2) is 7.34. The molecule has 1 atom stereocenters. The smallest absolute Gasteiger partial charge is 0.122 e. The summed E-state index contributed by atoms with van der Waals surface area (Å²) in [4.78, 5) is 6.70. The Balaban J connectivity index is 2.45. The zero-order valence-corrected chi connectivity index (χ0v) is 12.2. The maximum atomic E-state index is 5.25. The average Bonchev–Trinajstić information content (AvgIpc) is 2.33. The van der Waals surface area contributed by atoms with Crippen LogP contribution in [-0.2, 0) is 6.54 Å². The van der Waals surface area contributed by atoms with Gasteiger partial charge >= 0.3 is 0 Å². The molecule has 4 nitrogen and oxygen atoms in total. The molecule has 0 aliphatic heterocycles. The lowest BCUT2D eigenvalue weighted by Crippen LogP contribution is -2.29. The van der Waals surface area contributed by atoms with Crippen LogP contribution >= 0.6 is 0 Å². The van der Waals surface area contributed by atoms with Gasteiger partial charge in [0.15, 0.2) is 0 Å². The largest absolute Gasteiger partial charge is 0.497 e. The standard InChI is InChI=1S/C14H25N3O/c1-11(6-7-17(3)4)15-10-13-9-14(18-5)8-12(2)16-13/h8-9,11,15H,6-7,10H2,1-5H3. The number of methoxy groups -OCH3 is 1. The van der Waals surface area contributed by atoms with Crippen LogP contribution in [0.15, 0.2) is 12.1 Å². The van der Waals surface area contributed by atoms with Gasteiger partial charge in [-0.1, -0.05) is 0 Å². The summed E-state index contributed by atoms with van der Waals surface area (Å²) in [5.41, 5.74) is 2.02. The van der Waals surface area contributed by atoms with Gasteiger partial charge in [0.25, 0.3) is 0 Å². The fourth-order valence-corrected chi connectivity index (χ4v) is 1.74. The second-order valence-corrected chi connectivity index (χ2v) is 5.01. The molecule has 0 aliphatic rings. The SMILES string of the molecule is COc1cc(C)nc(CNC(C)CCN(C)C)c1. The number of aromatic nitrogens is 1. The number of pyridine rings is 1. The number of hydrogen-bond acceptors (Lipinski definition) is 4. The molecule has 0 bridgehead atoms. The third-order valence-electron chi connectivity index (χ3n) is 2.86. The van der Waals surface area contributed by atoms with E-state index in [0.717, 1.165) is 36.6 Å². The summed E-state index contributed by atoms with van der Waals surface area (Å²) < 4.78 is 5.25. The molecule has 102 valence electrons. The number of nitrogens with zero attached hydrogens (tertiary/aromatic N) is 2. The molecule has 1 unspecified atom stereocenters. The minimum absolute atomic E-state index is 0.487. The molecule has 1 rings (SSSR count). The maximum absolute atomic E-state index is 5.25. The van der Waals surface area contributed by atoms with Gasteiger partial charge in [0.1, 0.15) is 5.75 Å². The van der Waals surface area contributed by atoms with E-state index in [9.17, 15) is 0 Å². The molecule has 1 aromatic heterocycles. The van der Waals surface area contributed by atoms with Gasteiger partial charge in [-0.2, -0.15) is 0 Å². The number of rotatable bonds is 7. The summed E-state index contributed by atoms with van der Waals surface area (Å²) in [5.74, 6) is 0.875. The van der Waals surface area contributed by atoms with Gasteiger partial charge in [0.05, 0.1) is 12.8 Å². The van der Waals surface area contributed by atoms with Crippen LogP contribution in [0.1, 0.15) is 24.7 Å². The molecule has 0 fully saturated rings. The third kappa shape index (κ3) is 5.47. The highest BCUT2D eigenvalue weighted by atomic mass is 16.5. The maximum Gasteiger partial charge on any atom is 0.122 e. The Hall–Kier alpha value is -1.13. The average molecular weight is 251 g/mol. The lowest BCUT2D eigenvalue weighted by Gasteiger charge is -2.16. The number of ether oxygens (including phenoxy) is 1. The van der Waals surface area contributed by atoms with Gasteiger partial charge in [-0.3, -0.25) is 4.98 Å². The van der Waals surface area contributed by atoms with Gasteiger partial charge in [-0.15, -0.1) is 0 Å². The highest BCUT2D eigenvalue weighted by Crippen LogP contribution is 2.13. The summed E-state index contributed by atoms with van der Waals surface area (Å²) in [6, 6.07) is 4.41. The summed E-state index contributed by atoms with van der Waals surface area (Å²) in [7, 11) is 5.88. The molecule has 0 saturated heterocycles. The van der Waals surface area contributed by atoms with Crippen LogP contribution in [0.5, 0.6) is 5.75 Å². The van der Waals surface area contributed by atoms with Crippen molar-refractivity contribution in [1.29, 1.82) is 0 Å². The summed E-state index contributed by atoms with van der Waals surface area (Å²) in [6.45, 7) is 6.07. The Bertz CT molecular complexity index is 366. The van der Waals surface area contributed by atoms with E-state index in [2.05, 4.69) is 36.2 Å². The van der Waals surface area contributed by atoms with Gasteiger partial charge in [-0.05, 0) is 40.9 Å². The molecule has 0 aromatic carbocycles. The van der Waals surface area contributed by atoms with Crippen LogP contribution in [0.2, 0.25) is 0 Å². The second-order valence-electron chi connectivity index (χ2n) is 5.01. The fraction of sp³-hybridized carbons (Fsp3) is 0.643. The molecule has 0 aliphatic carbocycles. The first kappa shape index (κ1) is 14.9. The highest BCUT2D eigenvalue weighted by Gasteiger charge is 2.04. The Morgan fingerprint density at radius 2 is 2.11 bits per heavy atom. The van der Waals surface area contributed by atoms with E-state index < -0.39 is 0 Å². The van der Waals surface area contributed by atoms with Crippen LogP contribution in [-0.4, -0.2) is 43.7 Å². The van der Waals surface area contributed by atoms with Crippen LogP contribution in [0.3, 0.4) is 0 Å². The molecule has 0 amide bonds. The third-order valence-corrected chi connectivity index (χ3v) is 2.86. The Morgan fingerprint density at radius 3 is 2.72 bits per heavy atom. The van der Waals surface area contributed by atoms with E-state index in [0.29, 0.717) is 6.04 Å². The molecule has 0 spiro atoms. The zero-order valence-electron chi connectivity index (χ0n) is 12.2. The molecule has 1 heterocycles. The number of hydrogen-bond donors (Lipinski definition) is 1. The summed E-state index contributed by atoms with van der Waals surface area (Å²) in [6.07, 6.45) is 1.13.